The summed E-state index contributed by atoms with van der Waals surface area (Å²) in [5.41, 5.74) is 2.26. The second-order valence-corrected chi connectivity index (χ2v) is 4.48. The van der Waals surface area contributed by atoms with Gasteiger partial charge < -0.3 is 0 Å². The van der Waals surface area contributed by atoms with Crippen molar-refractivity contribution in [3.05, 3.63) is 16.4 Å². The average molecular weight is 215 g/mol. The Morgan fingerprint density at radius 3 is 2.50 bits per heavy atom. The van der Waals surface area contributed by atoms with Crippen molar-refractivity contribution in [2.75, 3.05) is 0 Å². The van der Waals surface area contributed by atoms with Gasteiger partial charge in [0, 0.05) is 12.1 Å². The molecule has 0 N–H and O–H groups in total. The quantitative estimate of drug-likeness (QED) is 0.751. The highest BCUT2D eigenvalue weighted by Gasteiger charge is 2.10. The molecule has 0 bridgehead atoms. The molecule has 0 atom stereocenters. The number of nitrogens with zero attached hydrogens (tertiary/aromatic N) is 2. The van der Waals surface area contributed by atoms with E-state index >= 15 is 0 Å². The van der Waals surface area contributed by atoms with Crippen LogP contribution in [0.1, 0.15) is 38.4 Å². The Kier molecular flexibility index (Phi) is 3.99. The summed E-state index contributed by atoms with van der Waals surface area (Å²) in [5.74, 6) is 0.695. The molecule has 0 unspecified atom stereocenters. The largest absolute Gasteiger partial charge is 0.253 e. The van der Waals surface area contributed by atoms with Gasteiger partial charge in [-0.05, 0) is 25.7 Å². The van der Waals surface area contributed by atoms with Crippen LogP contribution in [0.25, 0.3) is 0 Å². The number of aromatic nitrogens is 2. The van der Waals surface area contributed by atoms with Crippen LogP contribution < -0.4 is 0 Å². The van der Waals surface area contributed by atoms with E-state index in [9.17, 15) is 0 Å². The Morgan fingerprint density at radius 1 is 1.43 bits per heavy atom. The highest BCUT2D eigenvalue weighted by Crippen LogP contribution is 2.20. The minimum absolute atomic E-state index is 0.695. The van der Waals surface area contributed by atoms with E-state index in [-0.39, 0.29) is 0 Å². The zero-order valence-corrected chi connectivity index (χ0v) is 10.2. The Labute approximate surface area is 91.3 Å². The number of hydrogen-bond donors (Lipinski definition) is 0. The van der Waals surface area contributed by atoms with E-state index < -0.39 is 0 Å². The first-order valence-corrected chi connectivity index (χ1v) is 5.65. The normalized spacial score (nSPS) is 11.3. The van der Waals surface area contributed by atoms with E-state index in [0.717, 1.165) is 35.8 Å². The number of rotatable bonds is 4. The van der Waals surface area contributed by atoms with Gasteiger partial charge in [-0.25, -0.2) is 0 Å². The smallest absolute Gasteiger partial charge is 0.130 e. The van der Waals surface area contributed by atoms with Gasteiger partial charge in [-0.1, -0.05) is 32.4 Å². The van der Waals surface area contributed by atoms with Crippen molar-refractivity contribution in [2.24, 2.45) is 5.92 Å². The topological polar surface area (TPSA) is 17.8 Å². The average Bonchev–Trinajstić information content (AvgIpc) is 2.41. The van der Waals surface area contributed by atoms with Crippen LogP contribution in [0.3, 0.4) is 0 Å². The summed E-state index contributed by atoms with van der Waals surface area (Å²) in [7, 11) is 0. The second kappa shape index (κ2) is 4.83. The third kappa shape index (κ3) is 2.50. The fourth-order valence-electron chi connectivity index (χ4n) is 1.44. The summed E-state index contributed by atoms with van der Waals surface area (Å²) < 4.78 is 1.93. The lowest BCUT2D eigenvalue weighted by Crippen LogP contribution is -2.03. The molecule has 0 saturated heterocycles. The van der Waals surface area contributed by atoms with Gasteiger partial charge in [-0.2, -0.15) is 5.10 Å². The van der Waals surface area contributed by atoms with Crippen LogP contribution in [-0.2, 0) is 13.0 Å². The molecule has 1 aromatic heterocycles. The van der Waals surface area contributed by atoms with E-state index in [4.69, 9.17) is 11.6 Å². The Hall–Kier alpha value is -0.500. The molecule has 0 aromatic carbocycles. The molecule has 2 nitrogen and oxygen atoms in total. The van der Waals surface area contributed by atoms with E-state index in [1.807, 2.05) is 11.6 Å². The Morgan fingerprint density at radius 2 is 2.07 bits per heavy atom. The Balaban J connectivity index is 2.77. The van der Waals surface area contributed by atoms with Gasteiger partial charge in [0.05, 0.1) is 5.69 Å². The van der Waals surface area contributed by atoms with Crippen LogP contribution in [0.4, 0.5) is 0 Å². The molecule has 0 aliphatic carbocycles. The van der Waals surface area contributed by atoms with Crippen LogP contribution in [0.2, 0.25) is 5.15 Å². The zero-order chi connectivity index (χ0) is 10.7. The van der Waals surface area contributed by atoms with Crippen LogP contribution in [0.15, 0.2) is 0 Å². The van der Waals surface area contributed by atoms with Gasteiger partial charge in [0.15, 0.2) is 0 Å². The fraction of sp³-hybridized carbons (Fsp3) is 0.727. The first-order valence-electron chi connectivity index (χ1n) is 5.28. The van der Waals surface area contributed by atoms with Gasteiger partial charge in [0.25, 0.3) is 0 Å². The summed E-state index contributed by atoms with van der Waals surface area (Å²) in [6, 6.07) is 0. The molecule has 0 aliphatic heterocycles. The molecule has 0 fully saturated rings. The summed E-state index contributed by atoms with van der Waals surface area (Å²) in [4.78, 5) is 0. The van der Waals surface area contributed by atoms with Crippen LogP contribution >= 0.6 is 11.6 Å². The predicted octanol–water partition coefficient (Wildman–Crippen LogP) is 3.45. The molecular weight excluding hydrogens is 196 g/mol. The monoisotopic (exact) mass is 214 g/mol. The number of hydrogen-bond acceptors (Lipinski definition) is 1. The van der Waals surface area contributed by atoms with Crippen molar-refractivity contribution in [3.63, 3.8) is 0 Å². The first-order chi connectivity index (χ1) is 6.56. The highest BCUT2D eigenvalue weighted by molar-refractivity contribution is 6.30. The molecular formula is C11H19ClN2. The molecule has 14 heavy (non-hydrogen) atoms. The molecule has 0 spiro atoms. The predicted molar refractivity (Wildman–Crippen MR) is 60.8 cm³/mol. The lowest BCUT2D eigenvalue weighted by Gasteiger charge is -2.05. The molecule has 0 radical (unpaired) electrons. The van der Waals surface area contributed by atoms with Crippen LogP contribution in [-0.4, -0.2) is 9.78 Å². The lowest BCUT2D eigenvalue weighted by atomic mass is 10.1. The third-order valence-electron chi connectivity index (χ3n) is 2.46. The van der Waals surface area contributed by atoms with E-state index in [1.54, 1.807) is 0 Å². The van der Waals surface area contributed by atoms with Gasteiger partial charge in [-0.15, -0.1) is 0 Å². The highest BCUT2D eigenvalue weighted by atomic mass is 35.5. The second-order valence-electron chi connectivity index (χ2n) is 4.12. The molecule has 0 aliphatic rings. The zero-order valence-electron chi connectivity index (χ0n) is 9.47. The molecule has 1 aromatic rings. The van der Waals surface area contributed by atoms with Crippen molar-refractivity contribution in [1.29, 1.82) is 0 Å². The van der Waals surface area contributed by atoms with Crippen molar-refractivity contribution < 1.29 is 0 Å². The SMILES string of the molecule is CCc1nn(CCC(C)C)c(Cl)c1C. The molecule has 80 valence electrons. The first kappa shape index (κ1) is 11.6. The lowest BCUT2D eigenvalue weighted by molar-refractivity contribution is 0.485. The van der Waals surface area contributed by atoms with Gasteiger partial charge in [0.1, 0.15) is 5.15 Å². The maximum Gasteiger partial charge on any atom is 0.130 e. The summed E-state index contributed by atoms with van der Waals surface area (Å²) in [5, 5.41) is 5.29. The summed E-state index contributed by atoms with van der Waals surface area (Å²) >= 11 is 6.18. The van der Waals surface area contributed by atoms with E-state index in [1.165, 1.54) is 0 Å². The maximum atomic E-state index is 6.18. The molecule has 0 amide bonds. The molecule has 3 heteroatoms. The van der Waals surface area contributed by atoms with E-state index in [2.05, 4.69) is 25.9 Å². The van der Waals surface area contributed by atoms with Crippen LogP contribution in [0.5, 0.6) is 0 Å². The molecule has 0 saturated carbocycles. The van der Waals surface area contributed by atoms with Crippen molar-refractivity contribution in [1.82, 2.24) is 9.78 Å². The summed E-state index contributed by atoms with van der Waals surface area (Å²) in [6.07, 6.45) is 2.09. The standard InChI is InChI=1S/C11H19ClN2/c1-5-10-9(4)11(12)14(13-10)7-6-8(2)3/h8H,5-7H2,1-4H3. The van der Waals surface area contributed by atoms with Gasteiger partial charge in [0.2, 0.25) is 0 Å². The van der Waals surface area contributed by atoms with Crippen molar-refractivity contribution in [3.8, 4) is 0 Å². The number of aryl methyl sites for hydroxylation is 2. The van der Waals surface area contributed by atoms with E-state index in [0.29, 0.717) is 5.92 Å². The van der Waals surface area contributed by atoms with Gasteiger partial charge >= 0.3 is 0 Å². The molecule has 1 rings (SSSR count). The van der Waals surface area contributed by atoms with Crippen molar-refractivity contribution >= 4 is 11.6 Å². The van der Waals surface area contributed by atoms with Gasteiger partial charge in [-0.3, -0.25) is 4.68 Å². The molecule has 1 heterocycles. The van der Waals surface area contributed by atoms with Crippen LogP contribution in [0, 0.1) is 12.8 Å². The Bertz CT molecular complexity index is 302. The minimum Gasteiger partial charge on any atom is -0.253 e. The minimum atomic E-state index is 0.695. The fourth-order valence-corrected chi connectivity index (χ4v) is 1.67. The van der Waals surface area contributed by atoms with Crippen molar-refractivity contribution in [2.45, 2.75) is 47.1 Å². The third-order valence-corrected chi connectivity index (χ3v) is 2.94. The maximum absolute atomic E-state index is 6.18. The number of halogens is 1. The summed E-state index contributed by atoms with van der Waals surface area (Å²) in [6.45, 7) is 9.51.